The Hall–Kier alpha value is -3.03. The standard InChI is InChI=1S/C23H25F3N2O3/c1-15-4-5-16(2)21(17(15)3)31-14-20(29)27-10-12-28(13-11-27)22(30)18-6-8-19(9-7-18)23(24,25)26/h4-9H,10-14H2,1-3H3. The lowest BCUT2D eigenvalue weighted by Gasteiger charge is -2.34. The molecule has 0 aromatic heterocycles. The van der Waals surface area contributed by atoms with E-state index in [9.17, 15) is 22.8 Å². The summed E-state index contributed by atoms with van der Waals surface area (Å²) in [6.07, 6.45) is -4.44. The molecule has 8 heteroatoms. The van der Waals surface area contributed by atoms with Crippen LogP contribution in [0, 0.1) is 20.8 Å². The van der Waals surface area contributed by atoms with Crippen LogP contribution in [0.1, 0.15) is 32.6 Å². The van der Waals surface area contributed by atoms with Gasteiger partial charge in [-0.1, -0.05) is 12.1 Å². The van der Waals surface area contributed by atoms with Gasteiger partial charge in [0.05, 0.1) is 5.56 Å². The Morgan fingerprint density at radius 3 is 2.00 bits per heavy atom. The normalized spacial score (nSPS) is 14.5. The molecule has 31 heavy (non-hydrogen) atoms. The minimum Gasteiger partial charge on any atom is -0.483 e. The quantitative estimate of drug-likeness (QED) is 0.731. The number of benzene rings is 2. The van der Waals surface area contributed by atoms with Gasteiger partial charge in [0.2, 0.25) is 0 Å². The first-order valence-electron chi connectivity index (χ1n) is 10.0. The summed E-state index contributed by atoms with van der Waals surface area (Å²) < 4.78 is 43.8. The third-order valence-corrected chi connectivity index (χ3v) is 5.59. The van der Waals surface area contributed by atoms with E-state index in [1.54, 1.807) is 9.80 Å². The van der Waals surface area contributed by atoms with Gasteiger partial charge < -0.3 is 14.5 Å². The van der Waals surface area contributed by atoms with Crippen molar-refractivity contribution in [2.75, 3.05) is 32.8 Å². The van der Waals surface area contributed by atoms with Gasteiger partial charge >= 0.3 is 6.18 Å². The van der Waals surface area contributed by atoms with E-state index in [0.29, 0.717) is 31.9 Å². The Kier molecular flexibility index (Phi) is 6.57. The maximum atomic E-state index is 12.7. The van der Waals surface area contributed by atoms with Crippen molar-refractivity contribution in [2.24, 2.45) is 0 Å². The van der Waals surface area contributed by atoms with E-state index in [1.807, 2.05) is 32.9 Å². The van der Waals surface area contributed by atoms with E-state index in [1.165, 1.54) is 12.1 Å². The van der Waals surface area contributed by atoms with E-state index < -0.39 is 11.7 Å². The van der Waals surface area contributed by atoms with Crippen LogP contribution in [0.2, 0.25) is 0 Å². The van der Waals surface area contributed by atoms with Crippen LogP contribution in [0.3, 0.4) is 0 Å². The van der Waals surface area contributed by atoms with Gasteiger partial charge in [-0.15, -0.1) is 0 Å². The molecule has 0 atom stereocenters. The van der Waals surface area contributed by atoms with Crippen LogP contribution >= 0.6 is 0 Å². The molecule has 2 amide bonds. The van der Waals surface area contributed by atoms with Gasteiger partial charge in [-0.2, -0.15) is 13.2 Å². The summed E-state index contributed by atoms with van der Waals surface area (Å²) in [5.41, 5.74) is 2.45. The summed E-state index contributed by atoms with van der Waals surface area (Å²) in [6.45, 7) is 7.10. The molecular weight excluding hydrogens is 409 g/mol. The predicted molar refractivity (Wildman–Crippen MR) is 110 cm³/mol. The molecular formula is C23H25F3N2O3. The first kappa shape index (κ1) is 22.7. The van der Waals surface area contributed by atoms with Crippen LogP contribution in [-0.4, -0.2) is 54.4 Å². The SMILES string of the molecule is Cc1ccc(C)c(OCC(=O)N2CCN(C(=O)c3ccc(C(F)(F)F)cc3)CC2)c1C. The van der Waals surface area contributed by atoms with Crippen LogP contribution < -0.4 is 4.74 Å². The van der Waals surface area contributed by atoms with Crippen LogP contribution in [0.5, 0.6) is 5.75 Å². The minimum atomic E-state index is -4.44. The lowest BCUT2D eigenvalue weighted by molar-refractivity contribution is -0.137. The zero-order valence-electron chi connectivity index (χ0n) is 17.8. The number of aryl methyl sites for hydroxylation is 2. The number of carbonyl (C=O) groups is 2. The molecule has 3 rings (SSSR count). The van der Waals surface area contributed by atoms with Gasteiger partial charge in [0.25, 0.3) is 11.8 Å². The fourth-order valence-corrected chi connectivity index (χ4v) is 3.52. The second-order valence-electron chi connectivity index (χ2n) is 7.69. The Balaban J connectivity index is 1.54. The van der Waals surface area contributed by atoms with Crippen molar-refractivity contribution in [1.29, 1.82) is 0 Å². The fourth-order valence-electron chi connectivity index (χ4n) is 3.52. The molecule has 166 valence electrons. The largest absolute Gasteiger partial charge is 0.483 e. The second kappa shape index (κ2) is 8.99. The van der Waals surface area contributed by atoms with E-state index in [4.69, 9.17) is 4.74 Å². The molecule has 0 N–H and O–H groups in total. The van der Waals surface area contributed by atoms with Crippen molar-refractivity contribution in [3.05, 3.63) is 64.2 Å². The van der Waals surface area contributed by atoms with E-state index in [2.05, 4.69) is 0 Å². The molecule has 0 aliphatic carbocycles. The first-order valence-corrected chi connectivity index (χ1v) is 10.0. The molecule has 0 radical (unpaired) electrons. The summed E-state index contributed by atoms with van der Waals surface area (Å²) in [6, 6.07) is 8.13. The van der Waals surface area contributed by atoms with Gasteiger partial charge in [0, 0.05) is 31.7 Å². The van der Waals surface area contributed by atoms with Gasteiger partial charge in [0.1, 0.15) is 5.75 Å². The number of ether oxygens (including phenoxy) is 1. The Bertz CT molecular complexity index is 963. The molecule has 0 spiro atoms. The van der Waals surface area contributed by atoms with Crippen LogP contribution in [0.4, 0.5) is 13.2 Å². The Morgan fingerprint density at radius 1 is 0.871 bits per heavy atom. The number of hydrogen-bond donors (Lipinski definition) is 0. The fraction of sp³-hybridized carbons (Fsp3) is 0.391. The average molecular weight is 434 g/mol. The highest BCUT2D eigenvalue weighted by Crippen LogP contribution is 2.29. The Labute approximate surface area is 179 Å². The van der Waals surface area contributed by atoms with Crippen molar-refractivity contribution in [2.45, 2.75) is 26.9 Å². The van der Waals surface area contributed by atoms with Crippen LogP contribution in [-0.2, 0) is 11.0 Å². The van der Waals surface area contributed by atoms with Gasteiger partial charge in [0.15, 0.2) is 6.61 Å². The second-order valence-corrected chi connectivity index (χ2v) is 7.69. The summed E-state index contributed by atoms with van der Waals surface area (Å²) in [5.74, 6) is 0.203. The highest BCUT2D eigenvalue weighted by atomic mass is 19.4. The number of rotatable bonds is 4. The van der Waals surface area contributed by atoms with Crippen molar-refractivity contribution in [1.82, 2.24) is 9.80 Å². The van der Waals surface area contributed by atoms with Crippen LogP contribution in [0.15, 0.2) is 36.4 Å². The number of hydrogen-bond acceptors (Lipinski definition) is 3. The summed E-state index contributed by atoms with van der Waals surface area (Å²) >= 11 is 0. The van der Waals surface area contributed by atoms with Crippen LogP contribution in [0.25, 0.3) is 0 Å². The maximum Gasteiger partial charge on any atom is 0.416 e. The van der Waals surface area contributed by atoms with E-state index in [-0.39, 0.29) is 24.0 Å². The Morgan fingerprint density at radius 2 is 1.42 bits per heavy atom. The zero-order valence-corrected chi connectivity index (χ0v) is 17.8. The highest BCUT2D eigenvalue weighted by Gasteiger charge is 2.31. The lowest BCUT2D eigenvalue weighted by Crippen LogP contribution is -2.51. The smallest absolute Gasteiger partial charge is 0.416 e. The number of amides is 2. The highest BCUT2D eigenvalue weighted by molar-refractivity contribution is 5.94. The molecule has 2 aromatic carbocycles. The monoisotopic (exact) mass is 434 g/mol. The topological polar surface area (TPSA) is 49.9 Å². The number of nitrogens with zero attached hydrogens (tertiary/aromatic N) is 2. The molecule has 2 aromatic rings. The number of halogens is 3. The van der Waals surface area contributed by atoms with Crippen molar-refractivity contribution in [3.63, 3.8) is 0 Å². The molecule has 5 nitrogen and oxygen atoms in total. The maximum absolute atomic E-state index is 12.7. The lowest BCUT2D eigenvalue weighted by atomic mass is 10.1. The molecule has 1 aliphatic rings. The molecule has 1 fully saturated rings. The van der Waals surface area contributed by atoms with Crippen molar-refractivity contribution >= 4 is 11.8 Å². The molecule has 1 saturated heterocycles. The number of alkyl halides is 3. The molecule has 1 heterocycles. The third-order valence-electron chi connectivity index (χ3n) is 5.59. The van der Waals surface area contributed by atoms with Crippen molar-refractivity contribution < 1.29 is 27.5 Å². The first-order chi connectivity index (χ1) is 14.6. The molecule has 0 unspecified atom stereocenters. The molecule has 0 bridgehead atoms. The van der Waals surface area contributed by atoms with Gasteiger partial charge in [-0.25, -0.2) is 0 Å². The van der Waals surface area contributed by atoms with E-state index >= 15 is 0 Å². The van der Waals surface area contributed by atoms with E-state index in [0.717, 1.165) is 28.8 Å². The summed E-state index contributed by atoms with van der Waals surface area (Å²) in [5, 5.41) is 0. The predicted octanol–water partition coefficient (Wildman–Crippen LogP) is 3.99. The van der Waals surface area contributed by atoms with Gasteiger partial charge in [-0.3, -0.25) is 9.59 Å². The number of carbonyl (C=O) groups excluding carboxylic acids is 2. The van der Waals surface area contributed by atoms with Crippen molar-refractivity contribution in [3.8, 4) is 5.75 Å². The summed E-state index contributed by atoms with van der Waals surface area (Å²) in [7, 11) is 0. The summed E-state index contributed by atoms with van der Waals surface area (Å²) in [4.78, 5) is 28.3. The third kappa shape index (κ3) is 5.18. The average Bonchev–Trinajstić information content (AvgIpc) is 2.75. The number of piperazine rings is 1. The zero-order chi connectivity index (χ0) is 22.8. The van der Waals surface area contributed by atoms with Gasteiger partial charge in [-0.05, 0) is 61.7 Å². The molecule has 0 saturated carbocycles. The molecule has 1 aliphatic heterocycles. The minimum absolute atomic E-state index is 0.0853.